The Morgan fingerprint density at radius 1 is 1.20 bits per heavy atom. The largest absolute Gasteiger partial charge is 0.315 e. The average molecular weight is 275 g/mol. The quantitative estimate of drug-likeness (QED) is 0.829. The Bertz CT molecular complexity index is 380. The normalized spacial score (nSPS) is 18.4. The van der Waals surface area contributed by atoms with Gasteiger partial charge in [0.05, 0.1) is 0 Å². The Morgan fingerprint density at radius 3 is 2.30 bits per heavy atom. The van der Waals surface area contributed by atoms with Crippen LogP contribution in [0.3, 0.4) is 0 Å². The molecule has 1 atom stereocenters. The summed E-state index contributed by atoms with van der Waals surface area (Å²) in [4.78, 5) is 6.86. The van der Waals surface area contributed by atoms with Gasteiger partial charge in [0.2, 0.25) is 0 Å². The number of nitrogens with zero attached hydrogens (tertiary/aromatic N) is 2. The van der Waals surface area contributed by atoms with E-state index in [2.05, 4.69) is 48.2 Å². The highest BCUT2D eigenvalue weighted by atomic mass is 15.2. The van der Waals surface area contributed by atoms with Gasteiger partial charge in [-0.15, -0.1) is 0 Å². The first kappa shape index (κ1) is 15.5. The molecule has 1 aromatic heterocycles. The summed E-state index contributed by atoms with van der Waals surface area (Å²) in [6.07, 6.45) is 10.0. The highest BCUT2D eigenvalue weighted by Gasteiger charge is 2.41. The predicted octanol–water partition coefficient (Wildman–Crippen LogP) is 2.87. The molecule has 1 aliphatic heterocycles. The van der Waals surface area contributed by atoms with Crippen LogP contribution in [0, 0.1) is 0 Å². The van der Waals surface area contributed by atoms with Crippen molar-refractivity contribution in [2.45, 2.75) is 57.5 Å². The van der Waals surface area contributed by atoms with E-state index in [4.69, 9.17) is 0 Å². The van der Waals surface area contributed by atoms with Gasteiger partial charge in [-0.2, -0.15) is 0 Å². The van der Waals surface area contributed by atoms with Gasteiger partial charge in [0, 0.05) is 24.0 Å². The van der Waals surface area contributed by atoms with E-state index in [0.29, 0.717) is 6.04 Å². The van der Waals surface area contributed by atoms with Gasteiger partial charge in [0.25, 0.3) is 0 Å². The number of likely N-dealkylation sites (N-methyl/N-ethyl adjacent to an activating group) is 1. The standard InChI is InChI=1S/C17H29N3/c1-4-17(5-2,20-12-6-7-13-20)16(18-3)14-15-8-10-19-11-9-15/h8-11,16,18H,4-7,12-14H2,1-3H3. The molecule has 0 bridgehead atoms. The zero-order valence-electron chi connectivity index (χ0n) is 13.2. The van der Waals surface area contributed by atoms with Crippen LogP contribution in [0.25, 0.3) is 0 Å². The van der Waals surface area contributed by atoms with Crippen molar-refractivity contribution in [3.63, 3.8) is 0 Å². The van der Waals surface area contributed by atoms with Gasteiger partial charge < -0.3 is 5.32 Å². The monoisotopic (exact) mass is 275 g/mol. The summed E-state index contributed by atoms with van der Waals surface area (Å²) in [7, 11) is 2.11. The molecule has 1 aromatic rings. The molecule has 0 aliphatic carbocycles. The van der Waals surface area contributed by atoms with Gasteiger partial charge in [-0.3, -0.25) is 9.88 Å². The summed E-state index contributed by atoms with van der Waals surface area (Å²) in [5.41, 5.74) is 1.67. The fourth-order valence-corrected chi connectivity index (χ4v) is 3.89. The molecule has 2 heterocycles. The Kier molecular flexibility index (Phi) is 5.55. The maximum Gasteiger partial charge on any atom is 0.0360 e. The Labute approximate surface area is 123 Å². The fraction of sp³-hybridized carbons (Fsp3) is 0.706. The van der Waals surface area contributed by atoms with Gasteiger partial charge in [0.15, 0.2) is 0 Å². The fourth-order valence-electron chi connectivity index (χ4n) is 3.89. The maximum atomic E-state index is 4.13. The van der Waals surface area contributed by atoms with Crippen LogP contribution in [0.1, 0.15) is 45.1 Å². The number of rotatable bonds is 7. The molecular weight excluding hydrogens is 246 g/mol. The molecular formula is C17H29N3. The molecule has 1 aliphatic rings. The lowest BCUT2D eigenvalue weighted by Crippen LogP contribution is -2.60. The van der Waals surface area contributed by atoms with E-state index in [1.54, 1.807) is 0 Å². The lowest BCUT2D eigenvalue weighted by Gasteiger charge is -2.47. The van der Waals surface area contributed by atoms with Crippen LogP contribution in [-0.2, 0) is 6.42 Å². The van der Waals surface area contributed by atoms with Crippen molar-refractivity contribution in [1.82, 2.24) is 15.2 Å². The van der Waals surface area contributed by atoms with Crippen LogP contribution in [0.4, 0.5) is 0 Å². The van der Waals surface area contributed by atoms with Crippen molar-refractivity contribution in [3.8, 4) is 0 Å². The number of likely N-dealkylation sites (tertiary alicyclic amines) is 1. The Hall–Kier alpha value is -0.930. The zero-order chi connectivity index (χ0) is 14.4. The van der Waals surface area contributed by atoms with Crippen molar-refractivity contribution in [2.75, 3.05) is 20.1 Å². The summed E-state index contributed by atoms with van der Waals surface area (Å²) < 4.78 is 0. The van der Waals surface area contributed by atoms with E-state index in [9.17, 15) is 0 Å². The third-order valence-electron chi connectivity index (χ3n) is 5.15. The van der Waals surface area contributed by atoms with E-state index in [0.717, 1.165) is 6.42 Å². The topological polar surface area (TPSA) is 28.2 Å². The third kappa shape index (κ3) is 3.04. The minimum atomic E-state index is 0.286. The van der Waals surface area contributed by atoms with E-state index in [-0.39, 0.29) is 5.54 Å². The summed E-state index contributed by atoms with van der Waals surface area (Å²) in [6, 6.07) is 4.78. The molecule has 2 rings (SSSR count). The lowest BCUT2D eigenvalue weighted by atomic mass is 9.80. The van der Waals surface area contributed by atoms with Gasteiger partial charge >= 0.3 is 0 Å². The third-order valence-corrected chi connectivity index (χ3v) is 5.15. The van der Waals surface area contributed by atoms with Gasteiger partial charge in [-0.25, -0.2) is 0 Å². The molecule has 0 amide bonds. The molecule has 3 heteroatoms. The molecule has 0 saturated carbocycles. The number of pyridine rings is 1. The predicted molar refractivity (Wildman–Crippen MR) is 84.9 cm³/mol. The lowest BCUT2D eigenvalue weighted by molar-refractivity contribution is 0.0650. The van der Waals surface area contributed by atoms with Crippen LogP contribution in [-0.4, -0.2) is 41.6 Å². The van der Waals surface area contributed by atoms with Crippen LogP contribution >= 0.6 is 0 Å². The molecule has 0 aromatic carbocycles. The minimum Gasteiger partial charge on any atom is -0.315 e. The smallest absolute Gasteiger partial charge is 0.0360 e. The summed E-state index contributed by atoms with van der Waals surface area (Å²) in [5.74, 6) is 0. The minimum absolute atomic E-state index is 0.286. The molecule has 0 radical (unpaired) electrons. The van der Waals surface area contributed by atoms with Crippen LogP contribution in [0.5, 0.6) is 0 Å². The molecule has 20 heavy (non-hydrogen) atoms. The second kappa shape index (κ2) is 7.19. The van der Waals surface area contributed by atoms with E-state index in [1.165, 1.54) is 44.3 Å². The summed E-state index contributed by atoms with van der Waals surface area (Å²) in [5, 5.41) is 3.61. The zero-order valence-corrected chi connectivity index (χ0v) is 13.2. The van der Waals surface area contributed by atoms with Gasteiger partial charge in [0.1, 0.15) is 0 Å². The van der Waals surface area contributed by atoms with Gasteiger partial charge in [-0.1, -0.05) is 13.8 Å². The number of nitrogens with one attached hydrogen (secondary N) is 1. The van der Waals surface area contributed by atoms with E-state index >= 15 is 0 Å². The van der Waals surface area contributed by atoms with Crippen molar-refractivity contribution < 1.29 is 0 Å². The molecule has 112 valence electrons. The van der Waals surface area contributed by atoms with Crippen molar-refractivity contribution >= 4 is 0 Å². The number of hydrogen-bond donors (Lipinski definition) is 1. The molecule has 1 N–H and O–H groups in total. The average Bonchev–Trinajstić information content (AvgIpc) is 3.03. The van der Waals surface area contributed by atoms with Crippen LogP contribution in [0.15, 0.2) is 24.5 Å². The first-order chi connectivity index (χ1) is 9.76. The highest BCUT2D eigenvalue weighted by Crippen LogP contribution is 2.32. The highest BCUT2D eigenvalue weighted by molar-refractivity contribution is 5.14. The first-order valence-electron chi connectivity index (χ1n) is 8.08. The van der Waals surface area contributed by atoms with Crippen LogP contribution in [0.2, 0.25) is 0 Å². The maximum absolute atomic E-state index is 4.13. The first-order valence-corrected chi connectivity index (χ1v) is 8.08. The summed E-state index contributed by atoms with van der Waals surface area (Å²) >= 11 is 0. The number of aromatic nitrogens is 1. The number of hydrogen-bond acceptors (Lipinski definition) is 3. The molecule has 1 unspecified atom stereocenters. The second-order valence-corrected chi connectivity index (χ2v) is 5.91. The molecule has 1 saturated heterocycles. The summed E-state index contributed by atoms with van der Waals surface area (Å²) in [6.45, 7) is 7.21. The van der Waals surface area contributed by atoms with E-state index < -0.39 is 0 Å². The molecule has 3 nitrogen and oxygen atoms in total. The van der Waals surface area contributed by atoms with Crippen molar-refractivity contribution in [2.24, 2.45) is 0 Å². The SMILES string of the molecule is CCC(CC)(C(Cc1ccncc1)NC)N1CCCC1. The van der Waals surface area contributed by atoms with Crippen LogP contribution < -0.4 is 5.32 Å². The second-order valence-electron chi connectivity index (χ2n) is 5.91. The van der Waals surface area contributed by atoms with Crippen molar-refractivity contribution in [3.05, 3.63) is 30.1 Å². The Morgan fingerprint density at radius 2 is 1.80 bits per heavy atom. The Balaban J connectivity index is 2.20. The van der Waals surface area contributed by atoms with Crippen molar-refractivity contribution in [1.29, 1.82) is 0 Å². The van der Waals surface area contributed by atoms with Gasteiger partial charge in [-0.05, 0) is 69.9 Å². The molecule has 0 spiro atoms. The molecule has 1 fully saturated rings. The van der Waals surface area contributed by atoms with E-state index in [1.807, 2.05) is 12.4 Å².